The molecule has 5 aliphatic carbocycles. The Labute approximate surface area is 948 Å². The molecular weight excluding hydrogens is 1800 g/mol. The summed E-state index contributed by atoms with van der Waals surface area (Å²) in [6.07, 6.45) is 19.6. The van der Waals surface area contributed by atoms with Crippen LogP contribution in [0, 0.1) is 41.1 Å². The first-order valence-electron chi connectivity index (χ1n) is 67.4. The average molecular weight is 2050 g/mol. The fourth-order valence-corrected chi connectivity index (χ4v) is 26.1. The molecule has 9 aromatic rings. The third-order valence-electron chi connectivity index (χ3n) is 29.7. The molecule has 0 N–H and O–H groups in total. The van der Waals surface area contributed by atoms with Crippen molar-refractivity contribution in [1.82, 2.24) is 0 Å². The van der Waals surface area contributed by atoms with Gasteiger partial charge in [-0.3, -0.25) is 0 Å². The Morgan fingerprint density at radius 1 is 0.208 bits per heavy atom. The number of fused-ring (bicyclic) bond motifs is 3. The van der Waals surface area contributed by atoms with E-state index in [0.717, 1.165) is 55.1 Å². The van der Waals surface area contributed by atoms with Crippen molar-refractivity contribution in [2.24, 2.45) is 0 Å². The highest BCUT2D eigenvalue weighted by atomic mass is 15.3. The number of rotatable bonds is 12. The van der Waals surface area contributed by atoms with Gasteiger partial charge in [-0.15, -0.1) is 0 Å². The van der Waals surface area contributed by atoms with Crippen LogP contribution in [0.4, 0.5) is 34.1 Å². The largest absolute Gasteiger partial charge is 0.362 e. The van der Waals surface area contributed by atoms with E-state index in [1.165, 1.54) is 103 Å². The monoisotopic (exact) mass is 2040 g/mol. The van der Waals surface area contributed by atoms with Gasteiger partial charge in [0.2, 0.25) is 0 Å². The lowest BCUT2D eigenvalue weighted by Gasteiger charge is -2.49. The lowest BCUT2D eigenvalue weighted by molar-refractivity contribution is 0.376. The van der Waals surface area contributed by atoms with Crippen molar-refractivity contribution in [2.75, 3.05) is 29.4 Å². The van der Waals surface area contributed by atoms with Crippen molar-refractivity contribution < 1.29 is 28.8 Å². The van der Waals surface area contributed by atoms with E-state index in [1.54, 1.807) is 47.5 Å². The molecule has 0 bridgehead atoms. The number of hydrogen-bond acceptors (Lipinski definition) is 6. The Hall–Kier alpha value is -8.22. The second-order valence-corrected chi connectivity index (χ2v) is 59.0. The lowest BCUT2D eigenvalue weighted by atomic mass is 9.78. The van der Waals surface area contributed by atoms with E-state index in [2.05, 4.69) is 287 Å². The van der Waals surface area contributed by atoms with Crippen LogP contribution in [-0.2, 0) is 16.2 Å². The maximum absolute atomic E-state index is 9.83. The number of aryl methyl sites for hydroxylation is 6. The maximum Gasteiger partial charge on any atom is 0.0453 e. The summed E-state index contributed by atoms with van der Waals surface area (Å²) in [5, 5.41) is 0. The highest BCUT2D eigenvalue weighted by Gasteiger charge is 2.44. The third-order valence-corrected chi connectivity index (χ3v) is 29.7. The van der Waals surface area contributed by atoms with Gasteiger partial charge in [0.25, 0.3) is 0 Å². The molecule has 0 aliphatic heterocycles. The molecule has 4 fully saturated rings. The topological polar surface area (TPSA) is 19.4 Å². The summed E-state index contributed by atoms with van der Waals surface area (Å²) in [4.78, 5) is 13.5. The highest BCUT2D eigenvalue weighted by molar-refractivity contribution is 5.82. The van der Waals surface area contributed by atoms with Crippen molar-refractivity contribution >= 4 is 34.1 Å². The summed E-state index contributed by atoms with van der Waals surface area (Å²) in [5.41, 5.74) is 17.2. The Balaban J connectivity index is 0.000000225. The predicted molar refractivity (Wildman–Crippen MR) is 667 cm³/mol. The van der Waals surface area contributed by atoms with Crippen LogP contribution in [0.1, 0.15) is 574 Å². The molecule has 149 heavy (non-hydrogen) atoms. The van der Waals surface area contributed by atoms with Gasteiger partial charge in [0.05, 0.1) is 0 Å². The molecule has 0 saturated heterocycles. The SMILES string of the molecule is CC(C)(C)c1cc(-c2ccccc2)ccc1N(C(C)(C)C)C(C)(C)C.CC(C)(C)c1cc(C2CCCC2)ccc1N(C(C)(C)C)C(C)(C)C.CC(C)(C)c1cc(C2CCCCC2)ccc1N(C(C)(C)C)C(C)(C)C.[2H]C([2H])([2H])c1cc(C2([2H])CCCC2)cc(C([2H])([2H])[2H])c1N(C(C)(C)C)C(C)(C)C.[2H]C([2H])([2H])c1cc(C2([2H])CCCCC2)cc(C([2H])([2H])[2H])c1N(C(C)(C)C)C(C)(C)C.[2H]C([2H])([2H])c1cc(C2([2H])c3ccccc3-c3ccccc32)cc(C([2H])([2H])[2H])c1N(C(C)(C)C)C(C)(C)C. The summed E-state index contributed by atoms with van der Waals surface area (Å²) in [5.74, 6) is -1.78. The minimum absolute atomic E-state index is 0.0319. The molecule has 6 heteroatoms. The van der Waals surface area contributed by atoms with Gasteiger partial charge < -0.3 is 29.4 Å². The van der Waals surface area contributed by atoms with E-state index in [9.17, 15) is 1.37 Å². The van der Waals surface area contributed by atoms with Gasteiger partial charge in [0.1, 0.15) is 0 Å². The van der Waals surface area contributed by atoms with Crippen LogP contribution in [0.25, 0.3) is 22.3 Å². The van der Waals surface area contributed by atoms with Crippen LogP contribution in [-0.4, -0.2) is 66.5 Å². The minimum Gasteiger partial charge on any atom is -0.362 e. The lowest BCUT2D eigenvalue weighted by Crippen LogP contribution is -2.53. The molecule has 14 rings (SSSR count). The van der Waals surface area contributed by atoms with Crippen LogP contribution in [0.5, 0.6) is 0 Å². The molecule has 0 aromatic heterocycles. The molecule has 4 saturated carbocycles. The molecule has 5 aliphatic rings. The number of nitrogens with zero attached hydrogens (tertiary/aromatic N) is 6. The van der Waals surface area contributed by atoms with Gasteiger partial charge in [0, 0.05) is 135 Å². The third kappa shape index (κ3) is 31.8. The standard InChI is InChI=1S/C29H35N.C24H41N.C24H35N.C23H39N.C22H37N.C21H35N/c1-19-17-21(18-20(2)27(19)30(28(3,4)5)29(6,7)8)26-24-15-11-9-13-22(24)23-14-10-12-16-25(23)26;2*1-22(2,3)20-17-19(18-13-11-10-12-14-18)15-16-21(20)25(23(4,5)6)24(7,8)9;1-21(2,3)19-16-18(17-12-10-11-13-17)14-15-20(19)24(22(4,5)6)23(7,8)9;1-16-14-19(18-12-10-9-11-13-18)15-17(2)20(16)23(21(3,4)5)22(6,7)8;1-15-13-18(17-11-9-10-12-17)14-16(2)19(15)22(20(3,4)5)21(6,7)8/h9-18,26H,1-8H3;15-18H,10-14H2,1-9H3;10-17H,1-9H3;14-17H,10-13H2,1-9H3;14-15,18H,9-13H2,1-8H3;13-14,17H,9-12H2,1-8H3/i1D3,2D3,26D;;;;1D3,2D3,18D;1D3,2D3,17D. The molecule has 0 unspecified atom stereocenters. The summed E-state index contributed by atoms with van der Waals surface area (Å²) in [7, 11) is 0. The van der Waals surface area contributed by atoms with Gasteiger partial charge in [-0.25, -0.2) is 0 Å². The molecule has 9 aromatic carbocycles. The van der Waals surface area contributed by atoms with Crippen molar-refractivity contribution in [2.45, 2.75) is 580 Å². The summed E-state index contributed by atoms with van der Waals surface area (Å²) in [6.45, 7) is 82.9. The fourth-order valence-electron chi connectivity index (χ4n) is 26.1. The van der Waals surface area contributed by atoms with E-state index >= 15 is 0 Å². The zero-order valence-electron chi connectivity index (χ0n) is 124. The second kappa shape index (κ2) is 47.2. The molecule has 0 spiro atoms. The first kappa shape index (κ1) is 95.4. The quantitative estimate of drug-likeness (QED) is 0.121. The van der Waals surface area contributed by atoms with E-state index in [1.807, 2.05) is 188 Å². The van der Waals surface area contributed by atoms with Crippen molar-refractivity contribution in [3.05, 3.63) is 259 Å². The van der Waals surface area contributed by atoms with Crippen LogP contribution in [0.15, 0.2) is 170 Å². The van der Waals surface area contributed by atoms with Crippen LogP contribution in [0.3, 0.4) is 0 Å². The highest BCUT2D eigenvalue weighted by Crippen LogP contribution is 2.54. The van der Waals surface area contributed by atoms with Gasteiger partial charge in [-0.05, 0) is 517 Å². The molecule has 6 nitrogen and oxygen atoms in total. The van der Waals surface area contributed by atoms with Crippen LogP contribution < -0.4 is 29.4 Å². The predicted octanol–water partition coefficient (Wildman–Crippen LogP) is 42.5. The van der Waals surface area contributed by atoms with Crippen molar-refractivity contribution in [3.8, 4) is 22.3 Å². The second-order valence-electron chi connectivity index (χ2n) is 59.0. The molecule has 0 heterocycles. The van der Waals surface area contributed by atoms with Crippen molar-refractivity contribution in [3.63, 3.8) is 0 Å². The van der Waals surface area contributed by atoms with Gasteiger partial charge >= 0.3 is 0 Å². The van der Waals surface area contributed by atoms with Crippen LogP contribution >= 0.6 is 0 Å². The van der Waals surface area contributed by atoms with E-state index < -0.39 is 92.0 Å². The Bertz CT molecular complexity index is 6520. The summed E-state index contributed by atoms with van der Waals surface area (Å²) < 4.78 is 177. The number of anilines is 6. The van der Waals surface area contributed by atoms with Gasteiger partial charge in [-0.2, -0.15) is 0 Å². The molecule has 0 radical (unpaired) electrons. The van der Waals surface area contributed by atoms with E-state index in [4.69, 9.17) is 27.4 Å². The van der Waals surface area contributed by atoms with Crippen LogP contribution in [0.2, 0.25) is 0 Å². The normalized spacial score (nSPS) is 19.2. The molecular formula is C143H222N6. The smallest absolute Gasteiger partial charge is 0.0453 e. The zero-order valence-corrected chi connectivity index (χ0v) is 103. The zero-order chi connectivity index (χ0) is 130. The van der Waals surface area contributed by atoms with Crippen molar-refractivity contribution in [1.29, 1.82) is 0 Å². The molecule has 824 valence electrons. The van der Waals surface area contributed by atoms with E-state index in [-0.39, 0.29) is 99.9 Å². The van der Waals surface area contributed by atoms with Gasteiger partial charge in [-0.1, -0.05) is 272 Å². The molecule has 0 atom stereocenters. The number of hydrogen-bond donors (Lipinski definition) is 0. The fraction of sp³-hybridized carbons (Fsp3) is 0.622. The van der Waals surface area contributed by atoms with E-state index in [0.29, 0.717) is 53.5 Å². The minimum atomic E-state index is -2.60. The Kier molecular flexibility index (Phi) is 30.2. The van der Waals surface area contributed by atoms with Gasteiger partial charge in [0.15, 0.2) is 0 Å². The Morgan fingerprint density at radius 3 is 0.698 bits per heavy atom. The maximum atomic E-state index is 9.83. The summed E-state index contributed by atoms with van der Waals surface area (Å²) >= 11 is 0. The number of benzene rings is 9. The first-order valence-corrected chi connectivity index (χ1v) is 56.9. The Morgan fingerprint density at radius 2 is 0.436 bits per heavy atom. The summed E-state index contributed by atoms with van der Waals surface area (Å²) in [6, 6.07) is 57.0. The average Bonchev–Trinajstić information content (AvgIpc) is 1.54. The first-order chi connectivity index (χ1) is 76.3. The molecule has 0 amide bonds.